The first-order valence-corrected chi connectivity index (χ1v) is 10.4. The standard InChI is InChI=1S/C23H30N6/c1-4-19(26-15-18-5-6-20-21(13-18)25-10-9-24-20)22(27-14-17(2)3)29-12-11-28-23(16-29)7-8-23/h4-6,9-10,13-14,26,28H,7-8,11-12,15-16H2,1-3H3/b19-4+,27-22?. The Morgan fingerprint density at radius 1 is 1.24 bits per heavy atom. The monoisotopic (exact) mass is 390 g/mol. The summed E-state index contributed by atoms with van der Waals surface area (Å²) in [6.07, 6.45) is 10.1. The summed E-state index contributed by atoms with van der Waals surface area (Å²) < 4.78 is 0. The van der Waals surface area contributed by atoms with E-state index in [-0.39, 0.29) is 0 Å². The van der Waals surface area contributed by atoms with Gasteiger partial charge in [-0.3, -0.25) is 9.97 Å². The maximum absolute atomic E-state index is 4.87. The van der Waals surface area contributed by atoms with Gasteiger partial charge in [0.05, 0.1) is 16.7 Å². The van der Waals surface area contributed by atoms with E-state index in [2.05, 4.69) is 64.5 Å². The highest BCUT2D eigenvalue weighted by molar-refractivity contribution is 5.98. The minimum Gasteiger partial charge on any atom is -0.378 e. The first-order valence-electron chi connectivity index (χ1n) is 10.4. The van der Waals surface area contributed by atoms with E-state index >= 15 is 0 Å². The van der Waals surface area contributed by atoms with Crippen molar-refractivity contribution in [3.63, 3.8) is 0 Å². The number of piperazine rings is 1. The smallest absolute Gasteiger partial charge is 0.151 e. The van der Waals surface area contributed by atoms with Gasteiger partial charge < -0.3 is 15.5 Å². The number of fused-ring (bicyclic) bond motifs is 1. The van der Waals surface area contributed by atoms with Crippen molar-refractivity contribution in [1.29, 1.82) is 0 Å². The van der Waals surface area contributed by atoms with Gasteiger partial charge in [0, 0.05) is 50.3 Å². The van der Waals surface area contributed by atoms with Crippen molar-refractivity contribution in [2.45, 2.75) is 45.7 Å². The molecule has 6 heteroatoms. The second kappa shape index (κ2) is 8.33. The van der Waals surface area contributed by atoms with Crippen LogP contribution < -0.4 is 10.6 Å². The van der Waals surface area contributed by atoms with Crippen LogP contribution >= 0.6 is 0 Å². The number of nitrogens with zero attached hydrogens (tertiary/aromatic N) is 4. The molecule has 2 aliphatic rings. The van der Waals surface area contributed by atoms with Gasteiger partial charge in [0.15, 0.2) is 5.84 Å². The Balaban J connectivity index is 1.53. The van der Waals surface area contributed by atoms with Crippen LogP contribution in [0, 0.1) is 0 Å². The van der Waals surface area contributed by atoms with Gasteiger partial charge in [0.25, 0.3) is 0 Å². The highest BCUT2D eigenvalue weighted by atomic mass is 15.3. The Labute approximate surface area is 172 Å². The molecule has 29 heavy (non-hydrogen) atoms. The lowest BCUT2D eigenvalue weighted by atomic mass is 10.1. The molecule has 1 aliphatic carbocycles. The molecular formula is C23H30N6. The topological polar surface area (TPSA) is 65.4 Å². The Hall–Kier alpha value is -2.73. The van der Waals surface area contributed by atoms with Crippen LogP contribution in [0.2, 0.25) is 0 Å². The predicted octanol–water partition coefficient (Wildman–Crippen LogP) is 3.38. The Bertz CT molecular complexity index is 966. The number of nitrogens with one attached hydrogen (secondary N) is 2. The number of aliphatic imine (C=N–C) groups is 1. The third-order valence-corrected chi connectivity index (χ3v) is 5.52. The highest BCUT2D eigenvalue weighted by Crippen LogP contribution is 2.37. The normalized spacial score (nSPS) is 18.8. The van der Waals surface area contributed by atoms with Gasteiger partial charge in [-0.15, -0.1) is 0 Å². The molecule has 0 amide bonds. The lowest BCUT2D eigenvalue weighted by Crippen LogP contribution is -2.55. The third-order valence-electron chi connectivity index (χ3n) is 5.52. The van der Waals surface area contributed by atoms with Crippen molar-refractivity contribution in [2.75, 3.05) is 19.6 Å². The van der Waals surface area contributed by atoms with Crippen molar-refractivity contribution < 1.29 is 0 Å². The Morgan fingerprint density at radius 2 is 2.03 bits per heavy atom. The summed E-state index contributed by atoms with van der Waals surface area (Å²) in [5.74, 6) is 1.03. The van der Waals surface area contributed by atoms with Crippen LogP contribution in [0.15, 0.2) is 59.1 Å². The van der Waals surface area contributed by atoms with E-state index in [1.165, 1.54) is 24.0 Å². The number of aromatic nitrogens is 2. The predicted molar refractivity (Wildman–Crippen MR) is 119 cm³/mol. The zero-order chi connectivity index (χ0) is 20.3. The largest absolute Gasteiger partial charge is 0.378 e. The van der Waals surface area contributed by atoms with Crippen LogP contribution in [0.4, 0.5) is 0 Å². The van der Waals surface area contributed by atoms with Crippen LogP contribution in [0.5, 0.6) is 0 Å². The van der Waals surface area contributed by atoms with Crippen molar-refractivity contribution in [3.8, 4) is 0 Å². The SMILES string of the molecule is C/C=C(/NCc1ccc2nccnc2c1)C(=NC=C(C)C)N1CCNC2(CC2)C1. The zero-order valence-corrected chi connectivity index (χ0v) is 17.6. The summed E-state index contributed by atoms with van der Waals surface area (Å²) in [5.41, 5.74) is 5.59. The summed E-state index contributed by atoms with van der Waals surface area (Å²) in [4.78, 5) is 16.1. The van der Waals surface area contributed by atoms with Gasteiger partial charge in [0.1, 0.15) is 0 Å². The molecule has 1 aromatic heterocycles. The van der Waals surface area contributed by atoms with Gasteiger partial charge in [-0.05, 0) is 51.3 Å². The first-order chi connectivity index (χ1) is 14.1. The molecule has 152 valence electrons. The van der Waals surface area contributed by atoms with E-state index in [1.54, 1.807) is 12.4 Å². The number of hydrogen-bond donors (Lipinski definition) is 2. The Kier molecular flexibility index (Phi) is 5.62. The van der Waals surface area contributed by atoms with Crippen LogP contribution in [-0.2, 0) is 6.54 Å². The van der Waals surface area contributed by atoms with E-state index in [9.17, 15) is 0 Å². The summed E-state index contributed by atoms with van der Waals surface area (Å²) in [7, 11) is 0. The lowest BCUT2D eigenvalue weighted by molar-refractivity contribution is 0.276. The average molecular weight is 391 g/mol. The van der Waals surface area contributed by atoms with Crippen molar-refractivity contribution in [2.24, 2.45) is 4.99 Å². The second-order valence-corrected chi connectivity index (χ2v) is 8.22. The van der Waals surface area contributed by atoms with E-state index in [0.717, 1.165) is 48.7 Å². The van der Waals surface area contributed by atoms with Crippen molar-refractivity contribution in [3.05, 3.63) is 59.7 Å². The van der Waals surface area contributed by atoms with Gasteiger partial charge in [-0.25, -0.2) is 4.99 Å². The molecule has 1 saturated heterocycles. The Morgan fingerprint density at radius 3 is 2.76 bits per heavy atom. The maximum Gasteiger partial charge on any atom is 0.151 e. The highest BCUT2D eigenvalue weighted by Gasteiger charge is 2.46. The number of benzene rings is 1. The molecule has 2 aromatic rings. The second-order valence-electron chi connectivity index (χ2n) is 8.22. The van der Waals surface area contributed by atoms with E-state index in [4.69, 9.17) is 4.99 Å². The molecule has 2 fully saturated rings. The van der Waals surface area contributed by atoms with Crippen LogP contribution in [0.1, 0.15) is 39.2 Å². The number of rotatable bonds is 5. The molecule has 1 spiro atoms. The van der Waals surface area contributed by atoms with Crippen molar-refractivity contribution in [1.82, 2.24) is 25.5 Å². The molecular weight excluding hydrogens is 360 g/mol. The molecule has 1 aliphatic heterocycles. The van der Waals surface area contributed by atoms with Gasteiger partial charge >= 0.3 is 0 Å². The van der Waals surface area contributed by atoms with E-state index < -0.39 is 0 Å². The lowest BCUT2D eigenvalue weighted by Gasteiger charge is -2.37. The molecule has 4 rings (SSSR count). The zero-order valence-electron chi connectivity index (χ0n) is 17.6. The molecule has 0 bridgehead atoms. The average Bonchev–Trinajstić information content (AvgIpc) is 3.48. The van der Waals surface area contributed by atoms with E-state index in [1.807, 2.05) is 12.3 Å². The molecule has 2 heterocycles. The molecule has 0 radical (unpaired) electrons. The van der Waals surface area contributed by atoms with Crippen LogP contribution in [-0.4, -0.2) is 45.9 Å². The maximum atomic E-state index is 4.87. The summed E-state index contributed by atoms with van der Waals surface area (Å²) >= 11 is 0. The van der Waals surface area contributed by atoms with Gasteiger partial charge in [0.2, 0.25) is 0 Å². The molecule has 6 nitrogen and oxygen atoms in total. The number of hydrogen-bond acceptors (Lipinski definition) is 5. The molecule has 2 N–H and O–H groups in total. The fourth-order valence-corrected chi connectivity index (χ4v) is 3.76. The molecule has 1 saturated carbocycles. The number of amidine groups is 1. The molecule has 1 aromatic carbocycles. The fraction of sp³-hybridized carbons (Fsp3) is 0.435. The van der Waals surface area contributed by atoms with Crippen LogP contribution in [0.3, 0.4) is 0 Å². The van der Waals surface area contributed by atoms with Gasteiger partial charge in [-0.2, -0.15) is 0 Å². The molecule has 0 unspecified atom stereocenters. The molecule has 0 atom stereocenters. The summed E-state index contributed by atoms with van der Waals surface area (Å²) in [6.45, 7) is 9.96. The summed E-state index contributed by atoms with van der Waals surface area (Å²) in [5, 5.41) is 7.30. The fourth-order valence-electron chi connectivity index (χ4n) is 3.76. The van der Waals surface area contributed by atoms with Crippen LogP contribution in [0.25, 0.3) is 11.0 Å². The third kappa shape index (κ3) is 4.65. The number of allylic oxidation sites excluding steroid dienone is 2. The van der Waals surface area contributed by atoms with Gasteiger partial charge in [-0.1, -0.05) is 17.7 Å². The minimum absolute atomic E-state index is 0.305. The first kappa shape index (κ1) is 19.6. The minimum atomic E-state index is 0.305. The summed E-state index contributed by atoms with van der Waals surface area (Å²) in [6, 6.07) is 6.23. The van der Waals surface area contributed by atoms with Crippen molar-refractivity contribution >= 4 is 16.9 Å². The quantitative estimate of drug-likeness (QED) is 0.605. The van der Waals surface area contributed by atoms with E-state index in [0.29, 0.717) is 5.54 Å².